The number of rotatable bonds is 5. The maximum Gasteiger partial charge on any atom is 0.242 e. The third kappa shape index (κ3) is 3.52. The van der Waals surface area contributed by atoms with E-state index in [-0.39, 0.29) is 17.4 Å². The van der Waals surface area contributed by atoms with Gasteiger partial charge in [-0.15, -0.1) is 0 Å². The minimum absolute atomic E-state index is 0.156. The molecule has 0 aliphatic carbocycles. The molecule has 0 atom stereocenters. The van der Waals surface area contributed by atoms with Gasteiger partial charge in [0.05, 0.1) is 11.5 Å². The van der Waals surface area contributed by atoms with Crippen molar-refractivity contribution in [1.82, 2.24) is 4.31 Å². The van der Waals surface area contributed by atoms with Crippen LogP contribution in [0.3, 0.4) is 0 Å². The predicted molar refractivity (Wildman–Crippen MR) is 67.0 cm³/mol. The van der Waals surface area contributed by atoms with Crippen LogP contribution < -0.4 is 0 Å². The van der Waals surface area contributed by atoms with Gasteiger partial charge in [-0.25, -0.2) is 12.7 Å². The van der Waals surface area contributed by atoms with Crippen LogP contribution >= 0.6 is 0 Å². The molecule has 0 bridgehead atoms. The summed E-state index contributed by atoms with van der Waals surface area (Å²) >= 11 is 0. The minimum atomic E-state index is -3.44. The molecule has 0 aromatic heterocycles. The Bertz CT molecular complexity index is 468. The molecule has 1 rings (SSSR count). The molecule has 0 spiro atoms. The number of sulfonamides is 1. The Morgan fingerprint density at radius 2 is 2.00 bits per heavy atom. The monoisotopic (exact) mass is 257 g/mol. The van der Waals surface area contributed by atoms with Crippen molar-refractivity contribution in [2.24, 2.45) is 5.92 Å². The van der Waals surface area contributed by atoms with Crippen LogP contribution in [-0.2, 0) is 16.6 Å². The Hall–Kier alpha value is -0.910. The van der Waals surface area contributed by atoms with Crippen LogP contribution in [0.5, 0.6) is 0 Å². The molecule has 1 N–H and O–H groups in total. The van der Waals surface area contributed by atoms with Crippen LogP contribution in [0.25, 0.3) is 0 Å². The smallest absolute Gasteiger partial charge is 0.242 e. The lowest BCUT2D eigenvalue weighted by Crippen LogP contribution is -2.30. The molecule has 0 aliphatic heterocycles. The Morgan fingerprint density at radius 1 is 1.35 bits per heavy atom. The fraction of sp³-hybridized carbons (Fsp3) is 0.500. The van der Waals surface area contributed by atoms with Gasteiger partial charge in [-0.05, 0) is 23.6 Å². The second kappa shape index (κ2) is 5.62. The zero-order valence-electron chi connectivity index (χ0n) is 10.4. The summed E-state index contributed by atoms with van der Waals surface area (Å²) in [6, 6.07) is 6.39. The highest BCUT2D eigenvalue weighted by atomic mass is 32.2. The first-order valence-corrected chi connectivity index (χ1v) is 6.98. The van der Waals surface area contributed by atoms with Crippen LogP contribution in [0.15, 0.2) is 29.2 Å². The van der Waals surface area contributed by atoms with Crippen LogP contribution in [0.4, 0.5) is 0 Å². The highest BCUT2D eigenvalue weighted by Gasteiger charge is 2.21. The average Bonchev–Trinajstić information content (AvgIpc) is 2.28. The van der Waals surface area contributed by atoms with Gasteiger partial charge in [0.2, 0.25) is 10.0 Å². The van der Waals surface area contributed by atoms with Gasteiger partial charge in [0.25, 0.3) is 0 Å². The van der Waals surface area contributed by atoms with Gasteiger partial charge in [0.15, 0.2) is 0 Å². The molecule has 0 unspecified atom stereocenters. The molecule has 0 radical (unpaired) electrons. The van der Waals surface area contributed by atoms with Gasteiger partial charge in [-0.1, -0.05) is 26.0 Å². The summed E-state index contributed by atoms with van der Waals surface area (Å²) < 4.78 is 25.7. The molecular weight excluding hydrogens is 238 g/mol. The highest BCUT2D eigenvalue weighted by molar-refractivity contribution is 7.89. The molecular formula is C12H19NO3S. The minimum Gasteiger partial charge on any atom is -0.392 e. The van der Waals surface area contributed by atoms with E-state index < -0.39 is 10.0 Å². The number of hydrogen-bond donors (Lipinski definition) is 1. The second-order valence-corrected chi connectivity index (χ2v) is 6.53. The van der Waals surface area contributed by atoms with Gasteiger partial charge in [-0.2, -0.15) is 0 Å². The van der Waals surface area contributed by atoms with Gasteiger partial charge in [0.1, 0.15) is 0 Å². The summed E-state index contributed by atoms with van der Waals surface area (Å²) in [7, 11) is -1.87. The summed E-state index contributed by atoms with van der Waals surface area (Å²) in [5.74, 6) is 0.274. The largest absolute Gasteiger partial charge is 0.392 e. The maximum atomic E-state index is 12.2. The standard InChI is InChI=1S/C12H19NO3S/c1-10(2)8-13(3)17(15,16)12-6-4-5-11(7-12)9-14/h4-7,10,14H,8-9H2,1-3H3. The SMILES string of the molecule is CC(C)CN(C)S(=O)(=O)c1cccc(CO)c1. The fourth-order valence-electron chi connectivity index (χ4n) is 1.60. The second-order valence-electron chi connectivity index (χ2n) is 4.48. The first kappa shape index (κ1) is 14.2. The summed E-state index contributed by atoms with van der Waals surface area (Å²) in [4.78, 5) is 0.229. The lowest BCUT2D eigenvalue weighted by molar-refractivity contribution is 0.281. The summed E-state index contributed by atoms with van der Waals surface area (Å²) in [5.41, 5.74) is 0.601. The number of hydrogen-bond acceptors (Lipinski definition) is 3. The predicted octanol–water partition coefficient (Wildman–Crippen LogP) is 1.46. The Balaban J connectivity index is 3.04. The number of nitrogens with zero attached hydrogens (tertiary/aromatic N) is 1. The van der Waals surface area contributed by atoms with Crippen molar-refractivity contribution in [2.45, 2.75) is 25.3 Å². The third-order valence-electron chi connectivity index (χ3n) is 2.41. The summed E-state index contributed by atoms with van der Waals surface area (Å²) in [6.45, 7) is 4.26. The molecule has 0 fully saturated rings. The van der Waals surface area contributed by atoms with Gasteiger partial charge in [0, 0.05) is 13.6 Å². The molecule has 4 nitrogen and oxygen atoms in total. The van der Waals surface area contributed by atoms with E-state index in [1.54, 1.807) is 25.2 Å². The average molecular weight is 257 g/mol. The van der Waals surface area contributed by atoms with E-state index in [0.717, 1.165) is 0 Å². The van der Waals surface area contributed by atoms with Crippen molar-refractivity contribution in [1.29, 1.82) is 0 Å². The van der Waals surface area contributed by atoms with E-state index in [4.69, 9.17) is 5.11 Å². The topological polar surface area (TPSA) is 57.6 Å². The van der Waals surface area contributed by atoms with Gasteiger partial charge < -0.3 is 5.11 Å². The highest BCUT2D eigenvalue weighted by Crippen LogP contribution is 2.16. The zero-order valence-corrected chi connectivity index (χ0v) is 11.2. The van der Waals surface area contributed by atoms with Crippen LogP contribution in [-0.4, -0.2) is 31.4 Å². The number of aliphatic hydroxyl groups excluding tert-OH is 1. The first-order valence-electron chi connectivity index (χ1n) is 5.54. The van der Waals surface area contributed by atoms with Crippen LogP contribution in [0.1, 0.15) is 19.4 Å². The van der Waals surface area contributed by atoms with E-state index in [0.29, 0.717) is 12.1 Å². The quantitative estimate of drug-likeness (QED) is 0.868. The van der Waals surface area contributed by atoms with Crippen LogP contribution in [0, 0.1) is 5.92 Å². The van der Waals surface area contributed by atoms with Crippen molar-refractivity contribution < 1.29 is 13.5 Å². The van der Waals surface area contributed by atoms with E-state index in [1.807, 2.05) is 13.8 Å². The Labute approximate surface area is 103 Å². The normalized spacial score (nSPS) is 12.4. The molecule has 0 amide bonds. The number of aliphatic hydroxyl groups is 1. The zero-order chi connectivity index (χ0) is 13.1. The molecule has 5 heteroatoms. The van der Waals surface area contributed by atoms with Crippen molar-refractivity contribution in [3.05, 3.63) is 29.8 Å². The molecule has 1 aromatic rings. The van der Waals surface area contributed by atoms with Gasteiger partial charge in [-0.3, -0.25) is 0 Å². The van der Waals surface area contributed by atoms with Crippen molar-refractivity contribution >= 4 is 10.0 Å². The maximum absolute atomic E-state index is 12.2. The third-order valence-corrected chi connectivity index (χ3v) is 4.23. The van der Waals surface area contributed by atoms with Crippen LogP contribution in [0.2, 0.25) is 0 Å². The number of benzene rings is 1. The van der Waals surface area contributed by atoms with Gasteiger partial charge >= 0.3 is 0 Å². The lowest BCUT2D eigenvalue weighted by atomic mass is 10.2. The van der Waals surface area contributed by atoms with E-state index >= 15 is 0 Å². The van der Waals surface area contributed by atoms with E-state index in [9.17, 15) is 8.42 Å². The molecule has 0 aliphatic rings. The molecule has 0 saturated carbocycles. The molecule has 0 heterocycles. The summed E-state index contributed by atoms with van der Waals surface area (Å²) in [6.07, 6.45) is 0. The van der Waals surface area contributed by atoms with E-state index in [1.165, 1.54) is 10.4 Å². The van der Waals surface area contributed by atoms with Crippen molar-refractivity contribution in [3.63, 3.8) is 0 Å². The molecule has 1 aromatic carbocycles. The fourth-order valence-corrected chi connectivity index (χ4v) is 3.00. The molecule has 17 heavy (non-hydrogen) atoms. The van der Waals surface area contributed by atoms with Crippen molar-refractivity contribution in [3.8, 4) is 0 Å². The summed E-state index contributed by atoms with van der Waals surface area (Å²) in [5, 5.41) is 9.00. The Morgan fingerprint density at radius 3 is 2.53 bits per heavy atom. The lowest BCUT2D eigenvalue weighted by Gasteiger charge is -2.19. The molecule has 96 valence electrons. The first-order chi connectivity index (χ1) is 7.87. The Kier molecular flexibility index (Phi) is 4.68. The van der Waals surface area contributed by atoms with Crippen molar-refractivity contribution in [2.75, 3.05) is 13.6 Å². The molecule has 0 saturated heterocycles. The van der Waals surface area contributed by atoms with E-state index in [2.05, 4.69) is 0 Å².